The number of halogens is 1. The van der Waals surface area contributed by atoms with Crippen LogP contribution in [0.15, 0.2) is 24.3 Å². The normalized spacial score (nSPS) is 19.1. The van der Waals surface area contributed by atoms with Crippen LogP contribution in [0.25, 0.3) is 0 Å². The number of carbonyl (C=O) groups is 1. The highest BCUT2D eigenvalue weighted by atomic mass is 32.2. The van der Waals surface area contributed by atoms with Crippen molar-refractivity contribution in [2.45, 2.75) is 19.4 Å². The second-order valence-corrected chi connectivity index (χ2v) is 7.06. The average Bonchev–Trinajstić information content (AvgIpc) is 2.72. The number of amides is 1. The van der Waals surface area contributed by atoms with Crippen LogP contribution in [0.5, 0.6) is 0 Å². The Labute approximate surface area is 135 Å². The second-order valence-electron chi connectivity index (χ2n) is 5.51. The van der Waals surface area contributed by atoms with Crippen molar-refractivity contribution < 1.29 is 17.6 Å². The van der Waals surface area contributed by atoms with E-state index in [1.54, 1.807) is 13.0 Å². The maximum absolute atomic E-state index is 13.1. The van der Waals surface area contributed by atoms with Crippen LogP contribution < -0.4 is 10.5 Å². The number of hydrogen-bond donors (Lipinski definition) is 2. The molecule has 1 fully saturated rings. The van der Waals surface area contributed by atoms with Gasteiger partial charge < -0.3 is 5.32 Å². The van der Waals surface area contributed by atoms with Gasteiger partial charge in [-0.3, -0.25) is 9.69 Å². The molecule has 0 bridgehead atoms. The van der Waals surface area contributed by atoms with Crippen molar-refractivity contribution in [1.29, 1.82) is 0 Å². The first-order valence-electron chi connectivity index (χ1n) is 7.36. The monoisotopic (exact) mass is 344 g/mol. The van der Waals surface area contributed by atoms with E-state index in [-0.39, 0.29) is 12.5 Å². The Kier molecular flexibility index (Phi) is 5.69. The molecule has 7 nitrogen and oxygen atoms in total. The minimum Gasteiger partial charge on any atom is -0.325 e. The van der Waals surface area contributed by atoms with E-state index in [9.17, 15) is 17.6 Å². The van der Waals surface area contributed by atoms with Gasteiger partial charge in [-0.2, -0.15) is 12.7 Å². The average molecular weight is 344 g/mol. The van der Waals surface area contributed by atoms with Gasteiger partial charge in [0.2, 0.25) is 5.91 Å². The number of anilines is 1. The lowest BCUT2D eigenvalue weighted by Crippen LogP contribution is -2.45. The fourth-order valence-electron chi connectivity index (χ4n) is 2.53. The quantitative estimate of drug-likeness (QED) is 0.824. The lowest BCUT2D eigenvalue weighted by Gasteiger charge is -2.26. The van der Waals surface area contributed by atoms with Crippen LogP contribution in [0.4, 0.5) is 10.1 Å². The third kappa shape index (κ3) is 4.96. The lowest BCUT2D eigenvalue weighted by atomic mass is 10.2. The SMILES string of the molecule is CC(C(=O)Nc1cccc(F)c1)N1CCCN(S(N)(=O)=O)CC1. The maximum Gasteiger partial charge on any atom is 0.276 e. The van der Waals surface area contributed by atoms with Crippen molar-refractivity contribution in [2.24, 2.45) is 5.14 Å². The van der Waals surface area contributed by atoms with Crippen molar-refractivity contribution in [3.05, 3.63) is 30.1 Å². The standard InChI is InChI=1S/C14H21FN4O3S/c1-11(14(20)17-13-5-2-4-12(15)10-13)18-6-3-7-19(9-8-18)23(16,21)22/h2,4-5,10-11H,3,6-9H2,1H3,(H,17,20)(H2,16,21,22). The number of nitrogens with one attached hydrogen (secondary N) is 1. The van der Waals surface area contributed by atoms with Crippen LogP contribution in [0.1, 0.15) is 13.3 Å². The lowest BCUT2D eigenvalue weighted by molar-refractivity contribution is -0.120. The van der Waals surface area contributed by atoms with Gasteiger partial charge in [0.25, 0.3) is 10.2 Å². The van der Waals surface area contributed by atoms with Crippen LogP contribution in [-0.2, 0) is 15.0 Å². The van der Waals surface area contributed by atoms with Gasteiger partial charge in [0.05, 0.1) is 6.04 Å². The molecule has 1 amide bonds. The number of rotatable bonds is 4. The molecule has 23 heavy (non-hydrogen) atoms. The predicted molar refractivity (Wildman–Crippen MR) is 85.4 cm³/mol. The smallest absolute Gasteiger partial charge is 0.276 e. The van der Waals surface area contributed by atoms with Crippen molar-refractivity contribution >= 4 is 21.8 Å². The Morgan fingerprint density at radius 1 is 1.30 bits per heavy atom. The van der Waals surface area contributed by atoms with E-state index in [1.165, 1.54) is 22.5 Å². The summed E-state index contributed by atoms with van der Waals surface area (Å²) in [5, 5.41) is 7.81. The first kappa shape index (κ1) is 17.8. The van der Waals surface area contributed by atoms with Gasteiger partial charge in [0.15, 0.2) is 0 Å². The molecule has 1 atom stereocenters. The molecule has 0 aliphatic carbocycles. The van der Waals surface area contributed by atoms with Gasteiger partial charge in [0.1, 0.15) is 5.82 Å². The predicted octanol–water partition coefficient (Wildman–Crippen LogP) is 0.364. The van der Waals surface area contributed by atoms with Crippen LogP contribution in [0, 0.1) is 5.82 Å². The molecule has 3 N–H and O–H groups in total. The summed E-state index contributed by atoms with van der Waals surface area (Å²) in [6.07, 6.45) is 0.591. The third-order valence-electron chi connectivity index (χ3n) is 3.87. The first-order chi connectivity index (χ1) is 10.8. The van der Waals surface area contributed by atoms with Crippen molar-refractivity contribution in [1.82, 2.24) is 9.21 Å². The highest BCUT2D eigenvalue weighted by molar-refractivity contribution is 7.86. The molecular weight excluding hydrogens is 323 g/mol. The summed E-state index contributed by atoms with van der Waals surface area (Å²) in [6, 6.07) is 5.22. The van der Waals surface area contributed by atoms with Gasteiger partial charge >= 0.3 is 0 Å². The highest BCUT2D eigenvalue weighted by Gasteiger charge is 2.27. The summed E-state index contributed by atoms with van der Waals surface area (Å²) >= 11 is 0. The fraction of sp³-hybridized carbons (Fsp3) is 0.500. The second kappa shape index (κ2) is 7.35. The molecule has 1 aromatic carbocycles. The molecule has 1 aromatic rings. The zero-order chi connectivity index (χ0) is 17.0. The number of nitrogens with zero attached hydrogens (tertiary/aromatic N) is 2. The molecule has 9 heteroatoms. The minimum absolute atomic E-state index is 0.246. The molecule has 0 spiro atoms. The van der Waals surface area contributed by atoms with Gasteiger partial charge in [-0.25, -0.2) is 9.53 Å². The van der Waals surface area contributed by atoms with E-state index in [2.05, 4.69) is 5.32 Å². The van der Waals surface area contributed by atoms with E-state index < -0.39 is 22.1 Å². The van der Waals surface area contributed by atoms with Crippen molar-refractivity contribution in [2.75, 3.05) is 31.5 Å². The molecule has 2 rings (SSSR count). The Bertz CT molecular complexity index is 668. The molecule has 1 unspecified atom stereocenters. The van der Waals surface area contributed by atoms with Crippen LogP contribution >= 0.6 is 0 Å². The van der Waals surface area contributed by atoms with Gasteiger partial charge in [-0.1, -0.05) is 6.07 Å². The summed E-state index contributed by atoms with van der Waals surface area (Å²) in [5.74, 6) is -0.686. The van der Waals surface area contributed by atoms with Crippen molar-refractivity contribution in [3.63, 3.8) is 0 Å². The summed E-state index contributed by atoms with van der Waals surface area (Å²) < 4.78 is 37.1. The zero-order valence-electron chi connectivity index (χ0n) is 12.9. The summed E-state index contributed by atoms with van der Waals surface area (Å²) in [5.41, 5.74) is 0.392. The molecule has 1 aliphatic heterocycles. The fourth-order valence-corrected chi connectivity index (χ4v) is 3.25. The largest absolute Gasteiger partial charge is 0.325 e. The topological polar surface area (TPSA) is 95.7 Å². The molecule has 0 aromatic heterocycles. The molecule has 0 saturated carbocycles. The van der Waals surface area contributed by atoms with E-state index in [0.717, 1.165) is 0 Å². The highest BCUT2D eigenvalue weighted by Crippen LogP contribution is 2.13. The molecule has 0 radical (unpaired) electrons. The molecule has 1 aliphatic rings. The first-order valence-corrected chi connectivity index (χ1v) is 8.86. The molecule has 1 heterocycles. The van der Waals surface area contributed by atoms with Gasteiger partial charge in [0, 0.05) is 31.9 Å². The summed E-state index contributed by atoms with van der Waals surface area (Å²) in [6.45, 7) is 3.32. The Morgan fingerprint density at radius 2 is 2.04 bits per heavy atom. The Morgan fingerprint density at radius 3 is 2.70 bits per heavy atom. The Hall–Kier alpha value is -1.55. The molecular formula is C14H21FN4O3S. The van der Waals surface area contributed by atoms with E-state index >= 15 is 0 Å². The number of hydrogen-bond acceptors (Lipinski definition) is 4. The Balaban J connectivity index is 1.97. The summed E-state index contributed by atoms with van der Waals surface area (Å²) in [7, 11) is -3.71. The molecule has 1 saturated heterocycles. The zero-order valence-corrected chi connectivity index (χ0v) is 13.7. The maximum atomic E-state index is 13.1. The number of benzene rings is 1. The van der Waals surface area contributed by atoms with Crippen LogP contribution in [0.2, 0.25) is 0 Å². The van der Waals surface area contributed by atoms with Gasteiger partial charge in [-0.15, -0.1) is 0 Å². The summed E-state index contributed by atoms with van der Waals surface area (Å²) in [4.78, 5) is 14.2. The van der Waals surface area contributed by atoms with Crippen LogP contribution in [-0.4, -0.2) is 55.8 Å². The van der Waals surface area contributed by atoms with E-state index in [0.29, 0.717) is 31.7 Å². The van der Waals surface area contributed by atoms with Crippen LogP contribution in [0.3, 0.4) is 0 Å². The van der Waals surface area contributed by atoms with Crippen molar-refractivity contribution in [3.8, 4) is 0 Å². The molecule has 128 valence electrons. The third-order valence-corrected chi connectivity index (χ3v) is 4.95. The van der Waals surface area contributed by atoms with E-state index in [4.69, 9.17) is 5.14 Å². The minimum atomic E-state index is -3.71. The number of carbonyl (C=O) groups excluding carboxylic acids is 1. The van der Waals surface area contributed by atoms with E-state index in [1.807, 2.05) is 4.90 Å². The number of nitrogens with two attached hydrogens (primary N) is 1. The van der Waals surface area contributed by atoms with Gasteiger partial charge in [-0.05, 0) is 31.5 Å².